The summed E-state index contributed by atoms with van der Waals surface area (Å²) in [5.74, 6) is 1.63. The van der Waals surface area contributed by atoms with Crippen LogP contribution in [0.5, 0.6) is 0 Å². The first-order valence-corrected chi connectivity index (χ1v) is 10.8. The quantitative estimate of drug-likeness (QED) is 0.675. The van der Waals surface area contributed by atoms with Crippen LogP contribution in [-0.4, -0.2) is 54.8 Å². The molecular formula is C22H27N7O2. The summed E-state index contributed by atoms with van der Waals surface area (Å²) in [6.45, 7) is 5.19. The van der Waals surface area contributed by atoms with Crippen molar-refractivity contribution < 1.29 is 9.32 Å². The van der Waals surface area contributed by atoms with Crippen molar-refractivity contribution >= 4 is 11.9 Å². The predicted octanol–water partition coefficient (Wildman–Crippen LogP) is 3.08. The number of anilines is 1. The molecule has 0 atom stereocenters. The van der Waals surface area contributed by atoms with Crippen molar-refractivity contribution in [3.05, 3.63) is 41.1 Å². The van der Waals surface area contributed by atoms with E-state index in [-0.39, 0.29) is 11.8 Å². The Labute approximate surface area is 180 Å². The van der Waals surface area contributed by atoms with Gasteiger partial charge in [0.15, 0.2) is 5.76 Å². The number of hydrogen-bond acceptors (Lipinski definition) is 7. The van der Waals surface area contributed by atoms with Crippen LogP contribution >= 0.6 is 0 Å². The highest BCUT2D eigenvalue weighted by Crippen LogP contribution is 2.35. The van der Waals surface area contributed by atoms with E-state index in [4.69, 9.17) is 9.51 Å². The number of carbonyl (C=O) groups is 1. The Hall–Kier alpha value is -3.23. The number of amides is 1. The molecule has 1 saturated carbocycles. The van der Waals surface area contributed by atoms with Crippen LogP contribution in [0.2, 0.25) is 0 Å². The molecule has 9 heteroatoms. The van der Waals surface area contributed by atoms with E-state index in [0.29, 0.717) is 36.4 Å². The third-order valence-corrected chi connectivity index (χ3v) is 6.26. The fourth-order valence-corrected chi connectivity index (χ4v) is 4.10. The zero-order valence-electron chi connectivity index (χ0n) is 18.1. The van der Waals surface area contributed by atoms with Gasteiger partial charge in [-0.2, -0.15) is 5.10 Å². The Morgan fingerprint density at radius 1 is 1.16 bits per heavy atom. The van der Waals surface area contributed by atoms with Crippen molar-refractivity contribution in [1.29, 1.82) is 0 Å². The van der Waals surface area contributed by atoms with Crippen molar-refractivity contribution in [3.63, 3.8) is 0 Å². The van der Waals surface area contributed by atoms with Crippen LogP contribution < -0.4 is 5.32 Å². The van der Waals surface area contributed by atoms with Crippen molar-refractivity contribution in [2.45, 2.75) is 51.5 Å². The number of nitrogens with zero attached hydrogens (tertiary/aromatic N) is 6. The smallest absolute Gasteiger partial charge is 0.257 e. The van der Waals surface area contributed by atoms with Gasteiger partial charge in [-0.1, -0.05) is 5.16 Å². The molecule has 0 bridgehead atoms. The molecule has 0 spiro atoms. The summed E-state index contributed by atoms with van der Waals surface area (Å²) < 4.78 is 7.26. The maximum atomic E-state index is 13.0. The van der Waals surface area contributed by atoms with Gasteiger partial charge in [0.25, 0.3) is 5.91 Å². The highest BCUT2D eigenvalue weighted by Gasteiger charge is 2.30. The SMILES string of the molecule is Cc1cc(-c2cnc(NC3CC3)nc2C2CCN(C(=O)c3cnn(C)c3C)CC2)on1. The van der Waals surface area contributed by atoms with E-state index in [2.05, 4.69) is 20.6 Å². The number of hydrogen-bond donors (Lipinski definition) is 1. The summed E-state index contributed by atoms with van der Waals surface area (Å²) in [6.07, 6.45) is 7.50. The van der Waals surface area contributed by atoms with Gasteiger partial charge in [-0.3, -0.25) is 9.48 Å². The minimum atomic E-state index is 0.0499. The van der Waals surface area contributed by atoms with Crippen molar-refractivity contribution in [2.75, 3.05) is 18.4 Å². The van der Waals surface area contributed by atoms with Crippen LogP contribution in [0.15, 0.2) is 23.0 Å². The molecule has 0 radical (unpaired) electrons. The van der Waals surface area contributed by atoms with Gasteiger partial charge in [-0.15, -0.1) is 0 Å². The highest BCUT2D eigenvalue weighted by molar-refractivity contribution is 5.95. The molecule has 9 nitrogen and oxygen atoms in total. The summed E-state index contributed by atoms with van der Waals surface area (Å²) in [5.41, 5.74) is 4.25. The summed E-state index contributed by atoms with van der Waals surface area (Å²) in [4.78, 5) is 24.3. The van der Waals surface area contributed by atoms with E-state index in [1.54, 1.807) is 10.9 Å². The van der Waals surface area contributed by atoms with Crippen molar-refractivity contribution in [1.82, 2.24) is 29.8 Å². The monoisotopic (exact) mass is 421 g/mol. The van der Waals surface area contributed by atoms with Crippen LogP contribution in [0.1, 0.15) is 59.0 Å². The molecule has 1 aliphatic carbocycles. The number of carbonyl (C=O) groups excluding carboxylic acids is 1. The summed E-state index contributed by atoms with van der Waals surface area (Å²) in [7, 11) is 1.85. The van der Waals surface area contributed by atoms with Gasteiger partial charge in [-0.05, 0) is 39.5 Å². The van der Waals surface area contributed by atoms with Gasteiger partial charge in [-0.25, -0.2) is 9.97 Å². The van der Waals surface area contributed by atoms with E-state index in [1.165, 1.54) is 0 Å². The molecule has 2 fully saturated rings. The van der Waals surface area contributed by atoms with Gasteiger partial charge in [0.1, 0.15) is 0 Å². The second kappa shape index (κ2) is 7.79. The predicted molar refractivity (Wildman–Crippen MR) is 115 cm³/mol. The first-order valence-electron chi connectivity index (χ1n) is 10.8. The van der Waals surface area contributed by atoms with Gasteiger partial charge < -0.3 is 14.7 Å². The van der Waals surface area contributed by atoms with Crippen LogP contribution in [0, 0.1) is 13.8 Å². The molecule has 1 aliphatic heterocycles. The van der Waals surface area contributed by atoms with Crippen LogP contribution in [0.3, 0.4) is 0 Å². The lowest BCUT2D eigenvalue weighted by Gasteiger charge is -2.32. The van der Waals surface area contributed by atoms with Gasteiger partial charge >= 0.3 is 0 Å². The number of piperidine rings is 1. The second-order valence-corrected chi connectivity index (χ2v) is 8.58. The van der Waals surface area contributed by atoms with E-state index >= 15 is 0 Å². The number of rotatable bonds is 5. The summed E-state index contributed by atoms with van der Waals surface area (Å²) in [5, 5.41) is 11.6. The van der Waals surface area contributed by atoms with E-state index in [1.807, 2.05) is 38.1 Å². The zero-order chi connectivity index (χ0) is 21.5. The molecule has 4 heterocycles. The molecule has 0 unspecified atom stereocenters. The molecular weight excluding hydrogens is 394 g/mol. The molecule has 3 aromatic rings. The highest BCUT2D eigenvalue weighted by atomic mass is 16.5. The van der Waals surface area contributed by atoms with Crippen LogP contribution in [0.4, 0.5) is 5.95 Å². The van der Waals surface area contributed by atoms with Gasteiger partial charge in [0.2, 0.25) is 5.95 Å². The van der Waals surface area contributed by atoms with Gasteiger partial charge in [0.05, 0.1) is 28.7 Å². The number of aromatic nitrogens is 5. The third kappa shape index (κ3) is 3.92. The number of likely N-dealkylation sites (tertiary alicyclic amines) is 1. The largest absolute Gasteiger partial charge is 0.356 e. The van der Waals surface area contributed by atoms with Crippen molar-refractivity contribution in [3.8, 4) is 11.3 Å². The topological polar surface area (TPSA) is 102 Å². The van der Waals surface area contributed by atoms with E-state index in [0.717, 1.165) is 48.3 Å². The molecule has 3 aromatic heterocycles. The molecule has 162 valence electrons. The average molecular weight is 422 g/mol. The molecule has 1 N–H and O–H groups in total. The van der Waals surface area contributed by atoms with E-state index < -0.39 is 0 Å². The lowest BCUT2D eigenvalue weighted by molar-refractivity contribution is 0.0711. The Morgan fingerprint density at radius 2 is 1.94 bits per heavy atom. The maximum absolute atomic E-state index is 13.0. The molecule has 5 rings (SSSR count). The lowest BCUT2D eigenvalue weighted by atomic mass is 9.90. The molecule has 31 heavy (non-hydrogen) atoms. The third-order valence-electron chi connectivity index (χ3n) is 6.26. The lowest BCUT2D eigenvalue weighted by Crippen LogP contribution is -2.38. The Bertz CT molecular complexity index is 1110. The summed E-state index contributed by atoms with van der Waals surface area (Å²) >= 11 is 0. The number of aryl methyl sites for hydroxylation is 2. The standard InChI is InChI=1S/C22H27N7O2/c1-13-10-19(31-27-13)18-11-23-22(25-16-4-5-16)26-20(18)15-6-8-29(9-7-15)21(30)17-12-24-28(3)14(17)2/h10-12,15-16H,4-9H2,1-3H3,(H,23,25,26). The molecule has 0 aromatic carbocycles. The minimum absolute atomic E-state index is 0.0499. The van der Waals surface area contributed by atoms with Crippen LogP contribution in [-0.2, 0) is 7.05 Å². The Balaban J connectivity index is 1.37. The first-order chi connectivity index (χ1) is 15.0. The fraction of sp³-hybridized carbons (Fsp3) is 0.500. The van der Waals surface area contributed by atoms with Crippen LogP contribution in [0.25, 0.3) is 11.3 Å². The Morgan fingerprint density at radius 3 is 2.55 bits per heavy atom. The van der Waals surface area contributed by atoms with E-state index in [9.17, 15) is 4.79 Å². The van der Waals surface area contributed by atoms with Crippen molar-refractivity contribution in [2.24, 2.45) is 7.05 Å². The maximum Gasteiger partial charge on any atom is 0.257 e. The minimum Gasteiger partial charge on any atom is -0.356 e. The summed E-state index contributed by atoms with van der Waals surface area (Å²) in [6, 6.07) is 2.40. The molecule has 2 aliphatic rings. The Kier molecular flexibility index (Phi) is 4.95. The number of nitrogens with one attached hydrogen (secondary N) is 1. The average Bonchev–Trinajstić information content (AvgIpc) is 3.39. The second-order valence-electron chi connectivity index (χ2n) is 8.58. The fourth-order valence-electron chi connectivity index (χ4n) is 4.10. The molecule has 1 amide bonds. The first kappa shape index (κ1) is 19.7. The normalized spacial score (nSPS) is 17.2. The molecule has 1 saturated heterocycles. The van der Waals surface area contributed by atoms with Gasteiger partial charge in [0, 0.05) is 50.1 Å². The zero-order valence-corrected chi connectivity index (χ0v) is 18.1.